The van der Waals surface area contributed by atoms with Crippen molar-refractivity contribution in [3.8, 4) is 5.69 Å². The summed E-state index contributed by atoms with van der Waals surface area (Å²) in [6.07, 6.45) is 5.68. The predicted octanol–water partition coefficient (Wildman–Crippen LogP) is 1.50. The number of amides is 3. The molecule has 0 unspecified atom stereocenters. The molecule has 3 amide bonds. The molecule has 0 bridgehead atoms. The molecule has 2 fully saturated rings. The van der Waals surface area contributed by atoms with Crippen LogP contribution in [-0.4, -0.2) is 39.3 Å². The summed E-state index contributed by atoms with van der Waals surface area (Å²) < 4.78 is 1.95. The van der Waals surface area contributed by atoms with Gasteiger partial charge in [-0.25, -0.2) is 0 Å². The van der Waals surface area contributed by atoms with Crippen molar-refractivity contribution in [2.24, 2.45) is 0 Å². The van der Waals surface area contributed by atoms with Gasteiger partial charge in [0.15, 0.2) is 0 Å². The number of nitrogens with one attached hydrogen (secondary N) is 1. The fourth-order valence-electron chi connectivity index (χ4n) is 3.11. The van der Waals surface area contributed by atoms with Gasteiger partial charge < -0.3 is 9.47 Å². The van der Waals surface area contributed by atoms with E-state index >= 15 is 0 Å². The minimum atomic E-state index is -0.679. The number of nitrogens with zero attached hydrogens (tertiary/aromatic N) is 2. The van der Waals surface area contributed by atoms with E-state index in [0.717, 1.165) is 18.5 Å². The van der Waals surface area contributed by atoms with Crippen LogP contribution in [0.1, 0.15) is 29.6 Å². The molecule has 1 aliphatic carbocycles. The summed E-state index contributed by atoms with van der Waals surface area (Å²) in [5, 5.41) is 2.29. The Morgan fingerprint density at radius 2 is 1.75 bits per heavy atom. The Balaban J connectivity index is 1.59. The van der Waals surface area contributed by atoms with Crippen LogP contribution in [0.3, 0.4) is 0 Å². The molecule has 24 heavy (non-hydrogen) atoms. The van der Waals surface area contributed by atoms with E-state index in [4.69, 9.17) is 0 Å². The van der Waals surface area contributed by atoms with Gasteiger partial charge in [-0.15, -0.1) is 0 Å². The monoisotopic (exact) mass is 323 g/mol. The van der Waals surface area contributed by atoms with E-state index in [1.165, 1.54) is 0 Å². The maximum atomic E-state index is 12.9. The van der Waals surface area contributed by atoms with Crippen LogP contribution in [0.25, 0.3) is 5.69 Å². The molecular weight excluding hydrogens is 306 g/mol. The highest BCUT2D eigenvalue weighted by atomic mass is 16.2. The second kappa shape index (κ2) is 5.63. The third kappa shape index (κ3) is 2.60. The van der Waals surface area contributed by atoms with Gasteiger partial charge in [0, 0.05) is 29.7 Å². The fourth-order valence-corrected chi connectivity index (χ4v) is 3.11. The largest absolute Gasteiger partial charge is 0.324 e. The normalized spacial score (nSPS) is 20.1. The number of benzene rings is 1. The van der Waals surface area contributed by atoms with Gasteiger partial charge in [-0.1, -0.05) is 0 Å². The highest BCUT2D eigenvalue weighted by Crippen LogP contribution is 2.32. The quantitative estimate of drug-likeness (QED) is 0.867. The van der Waals surface area contributed by atoms with Crippen molar-refractivity contribution in [3.05, 3.63) is 54.4 Å². The van der Waals surface area contributed by atoms with E-state index < -0.39 is 6.04 Å². The first-order chi connectivity index (χ1) is 11.6. The molecule has 1 atom stereocenters. The highest BCUT2D eigenvalue weighted by Gasteiger charge is 2.44. The maximum Gasteiger partial charge on any atom is 0.254 e. The minimum absolute atomic E-state index is 0.0581. The van der Waals surface area contributed by atoms with Crippen molar-refractivity contribution in [2.45, 2.75) is 31.3 Å². The summed E-state index contributed by atoms with van der Waals surface area (Å²) in [6.45, 7) is 0. The van der Waals surface area contributed by atoms with E-state index in [9.17, 15) is 14.4 Å². The zero-order valence-electron chi connectivity index (χ0n) is 13.0. The van der Waals surface area contributed by atoms with Crippen LogP contribution in [0, 0.1) is 0 Å². The van der Waals surface area contributed by atoms with Crippen molar-refractivity contribution in [2.75, 3.05) is 0 Å². The molecule has 1 saturated heterocycles. The van der Waals surface area contributed by atoms with Crippen LogP contribution < -0.4 is 5.32 Å². The number of aromatic nitrogens is 1. The lowest BCUT2D eigenvalue weighted by atomic mass is 10.1. The third-order valence-corrected chi connectivity index (χ3v) is 4.47. The number of hydrogen-bond donors (Lipinski definition) is 1. The summed E-state index contributed by atoms with van der Waals surface area (Å²) in [4.78, 5) is 37.9. The molecule has 0 radical (unpaired) electrons. The number of imide groups is 1. The Bertz CT molecular complexity index is 791. The first kappa shape index (κ1) is 14.7. The average molecular weight is 323 g/mol. The predicted molar refractivity (Wildman–Crippen MR) is 86.5 cm³/mol. The summed E-state index contributed by atoms with van der Waals surface area (Å²) >= 11 is 0. The zero-order valence-corrected chi connectivity index (χ0v) is 13.0. The molecule has 1 N–H and O–H groups in total. The van der Waals surface area contributed by atoms with Gasteiger partial charge in [0.1, 0.15) is 6.04 Å². The van der Waals surface area contributed by atoms with Crippen molar-refractivity contribution >= 4 is 17.7 Å². The lowest BCUT2D eigenvalue weighted by molar-refractivity contribution is -0.126. The van der Waals surface area contributed by atoms with Crippen LogP contribution in [0.4, 0.5) is 0 Å². The van der Waals surface area contributed by atoms with Gasteiger partial charge in [-0.3, -0.25) is 19.7 Å². The second-order valence-electron chi connectivity index (χ2n) is 6.21. The molecule has 2 aliphatic rings. The second-order valence-corrected chi connectivity index (χ2v) is 6.21. The van der Waals surface area contributed by atoms with Crippen LogP contribution in [0.2, 0.25) is 0 Å². The van der Waals surface area contributed by atoms with Gasteiger partial charge in [0.25, 0.3) is 5.91 Å². The summed E-state index contributed by atoms with van der Waals surface area (Å²) in [5.74, 6) is -0.873. The molecule has 2 aromatic rings. The third-order valence-electron chi connectivity index (χ3n) is 4.47. The standard InChI is InChI=1S/C18H17N3O3/c22-16-11-15(17(23)19-16)21(14-7-8-14)18(24)12-3-5-13(6-4-12)20-9-1-2-10-20/h1-6,9-10,14-15H,7-8,11H2,(H,19,22,23)/t15-/m0/s1. The summed E-state index contributed by atoms with van der Waals surface area (Å²) in [6, 6.07) is 10.5. The van der Waals surface area contributed by atoms with E-state index in [1.807, 2.05) is 41.2 Å². The first-order valence-electron chi connectivity index (χ1n) is 8.03. The van der Waals surface area contributed by atoms with Crippen LogP contribution in [-0.2, 0) is 9.59 Å². The molecule has 1 saturated carbocycles. The maximum absolute atomic E-state index is 12.9. The SMILES string of the molecule is O=C1C[C@H](N(C(=O)c2ccc(-n3cccc3)cc2)C2CC2)C(=O)N1. The van der Waals surface area contributed by atoms with Crippen molar-refractivity contribution in [3.63, 3.8) is 0 Å². The van der Waals surface area contributed by atoms with E-state index in [1.54, 1.807) is 17.0 Å². The molecule has 0 spiro atoms. The van der Waals surface area contributed by atoms with E-state index in [2.05, 4.69) is 5.32 Å². The number of rotatable bonds is 4. The molecule has 1 aromatic heterocycles. The van der Waals surface area contributed by atoms with Gasteiger partial charge in [0.2, 0.25) is 11.8 Å². The van der Waals surface area contributed by atoms with Crippen molar-refractivity contribution in [1.82, 2.24) is 14.8 Å². The van der Waals surface area contributed by atoms with Crippen LogP contribution in [0.15, 0.2) is 48.8 Å². The Morgan fingerprint density at radius 3 is 2.29 bits per heavy atom. The lowest BCUT2D eigenvalue weighted by Gasteiger charge is -2.26. The van der Waals surface area contributed by atoms with Gasteiger partial charge >= 0.3 is 0 Å². The molecule has 6 heteroatoms. The Morgan fingerprint density at radius 1 is 1.08 bits per heavy atom. The van der Waals surface area contributed by atoms with E-state index in [-0.39, 0.29) is 30.2 Å². The smallest absolute Gasteiger partial charge is 0.254 e. The molecule has 4 rings (SSSR count). The molecule has 2 heterocycles. The van der Waals surface area contributed by atoms with Gasteiger partial charge in [-0.05, 0) is 49.2 Å². The molecular formula is C18H17N3O3. The minimum Gasteiger partial charge on any atom is -0.324 e. The number of hydrogen-bond acceptors (Lipinski definition) is 3. The topological polar surface area (TPSA) is 71.4 Å². The average Bonchev–Trinajstić information content (AvgIpc) is 3.14. The highest BCUT2D eigenvalue weighted by molar-refractivity contribution is 6.08. The molecule has 122 valence electrons. The van der Waals surface area contributed by atoms with Gasteiger partial charge in [-0.2, -0.15) is 0 Å². The van der Waals surface area contributed by atoms with Crippen LogP contribution in [0.5, 0.6) is 0 Å². The molecule has 1 aromatic carbocycles. The summed E-state index contributed by atoms with van der Waals surface area (Å²) in [5.41, 5.74) is 1.49. The van der Waals surface area contributed by atoms with E-state index in [0.29, 0.717) is 5.56 Å². The lowest BCUT2D eigenvalue weighted by Crippen LogP contribution is -2.45. The summed E-state index contributed by atoms with van der Waals surface area (Å²) in [7, 11) is 0. The zero-order chi connectivity index (χ0) is 16.7. The first-order valence-corrected chi connectivity index (χ1v) is 8.03. The fraction of sp³-hybridized carbons (Fsp3) is 0.278. The Kier molecular flexibility index (Phi) is 3.45. The number of carbonyl (C=O) groups is 3. The molecule has 1 aliphatic heterocycles. The van der Waals surface area contributed by atoms with Crippen molar-refractivity contribution in [1.29, 1.82) is 0 Å². The Labute approximate surface area is 139 Å². The van der Waals surface area contributed by atoms with Crippen molar-refractivity contribution < 1.29 is 14.4 Å². The number of carbonyl (C=O) groups excluding carboxylic acids is 3. The Hall–Kier alpha value is -2.89. The van der Waals surface area contributed by atoms with Gasteiger partial charge in [0.05, 0.1) is 6.42 Å². The molecule has 6 nitrogen and oxygen atoms in total. The van der Waals surface area contributed by atoms with Crippen LogP contribution >= 0.6 is 0 Å².